The Labute approximate surface area is 155 Å². The molecule has 0 aliphatic heterocycles. The monoisotopic (exact) mass is 427 g/mol. The molecule has 1 heterocycles. The number of hydrogen-bond acceptors (Lipinski definition) is 8. The van der Waals surface area contributed by atoms with Crippen LogP contribution in [0, 0.1) is 0 Å². The topological polar surface area (TPSA) is 126 Å². The molecule has 0 spiro atoms. The van der Waals surface area contributed by atoms with Crippen LogP contribution in [0.5, 0.6) is 5.75 Å². The zero-order chi connectivity index (χ0) is 18.2. The molecule has 2 amide bonds. The number of rotatable bonds is 6. The van der Waals surface area contributed by atoms with Gasteiger partial charge in [0.2, 0.25) is 11.0 Å². The van der Waals surface area contributed by atoms with Crippen molar-refractivity contribution < 1.29 is 19.4 Å². The number of benzene rings is 1. The standard InChI is InChI=1S/C14H14BrN5O4S/c1-2-24-14(23)17-13-20-19-12(25-13)6-11(22)18-16-7-8-5-9(15)3-4-10(8)21/h3-5,7,21H,2,6H2,1H3,(H,18,22)(H,17,20,23)/b16-7-. The van der Waals surface area contributed by atoms with Gasteiger partial charge in [-0.15, -0.1) is 10.2 Å². The SMILES string of the molecule is CCOC(=O)Nc1nnc(CC(=O)N/N=C\c2cc(Br)ccc2O)s1. The summed E-state index contributed by atoms with van der Waals surface area (Å²) in [4.78, 5) is 23.1. The van der Waals surface area contributed by atoms with Crippen molar-refractivity contribution in [2.45, 2.75) is 13.3 Å². The summed E-state index contributed by atoms with van der Waals surface area (Å²) < 4.78 is 5.49. The number of carbonyl (C=O) groups excluding carboxylic acids is 2. The van der Waals surface area contributed by atoms with E-state index in [0.29, 0.717) is 10.6 Å². The molecule has 25 heavy (non-hydrogen) atoms. The van der Waals surface area contributed by atoms with Crippen LogP contribution in [0.2, 0.25) is 0 Å². The fraction of sp³-hybridized carbons (Fsp3) is 0.214. The van der Waals surface area contributed by atoms with E-state index in [2.05, 4.69) is 42.0 Å². The summed E-state index contributed by atoms with van der Waals surface area (Å²) in [5.74, 6) is -0.371. The first kappa shape index (κ1) is 18.8. The Hall–Kier alpha value is -2.53. The van der Waals surface area contributed by atoms with Crippen LogP contribution in [0.4, 0.5) is 9.93 Å². The van der Waals surface area contributed by atoms with Gasteiger partial charge in [-0.1, -0.05) is 27.3 Å². The van der Waals surface area contributed by atoms with E-state index >= 15 is 0 Å². The minimum absolute atomic E-state index is 0.0417. The maximum absolute atomic E-state index is 11.8. The molecule has 0 bridgehead atoms. The molecule has 0 unspecified atom stereocenters. The lowest BCUT2D eigenvalue weighted by atomic mass is 10.2. The number of halogens is 1. The van der Waals surface area contributed by atoms with Gasteiger partial charge in [-0.3, -0.25) is 10.1 Å². The first-order valence-electron chi connectivity index (χ1n) is 7.04. The molecule has 0 saturated heterocycles. The van der Waals surface area contributed by atoms with Gasteiger partial charge < -0.3 is 9.84 Å². The number of ether oxygens (including phenoxy) is 1. The second-order valence-electron chi connectivity index (χ2n) is 4.52. The van der Waals surface area contributed by atoms with Crippen LogP contribution in [0.25, 0.3) is 0 Å². The molecule has 11 heteroatoms. The number of phenolic OH excluding ortho intramolecular Hbond substituents is 1. The van der Waals surface area contributed by atoms with Crippen LogP contribution in [-0.4, -0.2) is 40.1 Å². The fourth-order valence-electron chi connectivity index (χ4n) is 1.61. The summed E-state index contributed by atoms with van der Waals surface area (Å²) in [6.45, 7) is 1.93. The number of aromatic hydroxyl groups is 1. The van der Waals surface area contributed by atoms with Crippen molar-refractivity contribution in [2.75, 3.05) is 11.9 Å². The summed E-state index contributed by atoms with van der Waals surface area (Å²) in [7, 11) is 0. The highest BCUT2D eigenvalue weighted by atomic mass is 79.9. The summed E-state index contributed by atoms with van der Waals surface area (Å²) >= 11 is 4.33. The van der Waals surface area contributed by atoms with Crippen molar-refractivity contribution in [1.82, 2.24) is 15.6 Å². The number of anilines is 1. The highest BCUT2D eigenvalue weighted by molar-refractivity contribution is 9.10. The average Bonchev–Trinajstić information content (AvgIpc) is 2.97. The van der Waals surface area contributed by atoms with Gasteiger partial charge in [0, 0.05) is 10.0 Å². The third-order valence-electron chi connectivity index (χ3n) is 2.65. The molecule has 1 aromatic carbocycles. The Kier molecular flexibility index (Phi) is 6.83. The van der Waals surface area contributed by atoms with Crippen molar-refractivity contribution in [3.8, 4) is 5.75 Å². The first-order valence-corrected chi connectivity index (χ1v) is 8.65. The number of carbonyl (C=O) groups is 2. The molecule has 0 saturated carbocycles. The minimum Gasteiger partial charge on any atom is -0.507 e. The number of nitrogens with zero attached hydrogens (tertiary/aromatic N) is 3. The van der Waals surface area contributed by atoms with Crippen LogP contribution in [-0.2, 0) is 16.0 Å². The maximum Gasteiger partial charge on any atom is 0.413 e. The Balaban J connectivity index is 1.86. The number of hydrazone groups is 1. The van der Waals surface area contributed by atoms with Crippen LogP contribution >= 0.6 is 27.3 Å². The van der Waals surface area contributed by atoms with Crippen molar-refractivity contribution >= 4 is 50.6 Å². The number of aromatic nitrogens is 2. The van der Waals surface area contributed by atoms with Gasteiger partial charge in [0.05, 0.1) is 19.2 Å². The van der Waals surface area contributed by atoms with E-state index in [0.717, 1.165) is 15.8 Å². The second kappa shape index (κ2) is 9.08. The lowest BCUT2D eigenvalue weighted by Crippen LogP contribution is -2.19. The zero-order valence-electron chi connectivity index (χ0n) is 13.0. The van der Waals surface area contributed by atoms with Crippen LogP contribution in [0.1, 0.15) is 17.5 Å². The molecular formula is C14H14BrN5O4S. The van der Waals surface area contributed by atoms with E-state index < -0.39 is 12.0 Å². The van der Waals surface area contributed by atoms with Gasteiger partial charge in [-0.05, 0) is 25.1 Å². The van der Waals surface area contributed by atoms with Crippen LogP contribution in [0.3, 0.4) is 0 Å². The molecule has 132 valence electrons. The Morgan fingerprint density at radius 1 is 1.44 bits per heavy atom. The largest absolute Gasteiger partial charge is 0.507 e. The van der Waals surface area contributed by atoms with Crippen molar-refractivity contribution in [3.63, 3.8) is 0 Å². The Morgan fingerprint density at radius 3 is 3.00 bits per heavy atom. The summed E-state index contributed by atoms with van der Waals surface area (Å²) in [5.41, 5.74) is 2.78. The van der Waals surface area contributed by atoms with E-state index in [9.17, 15) is 14.7 Å². The Morgan fingerprint density at radius 2 is 2.24 bits per heavy atom. The van der Waals surface area contributed by atoms with Crippen LogP contribution in [0.15, 0.2) is 27.8 Å². The van der Waals surface area contributed by atoms with Gasteiger partial charge in [0.1, 0.15) is 10.8 Å². The van der Waals surface area contributed by atoms with Crippen LogP contribution < -0.4 is 10.7 Å². The van der Waals surface area contributed by atoms with Crippen molar-refractivity contribution in [2.24, 2.45) is 5.10 Å². The molecule has 0 fully saturated rings. The van der Waals surface area contributed by atoms with E-state index in [-0.39, 0.29) is 23.9 Å². The molecule has 0 atom stereocenters. The third kappa shape index (κ3) is 6.12. The highest BCUT2D eigenvalue weighted by Gasteiger charge is 2.11. The average molecular weight is 428 g/mol. The molecule has 0 aliphatic rings. The first-order chi connectivity index (χ1) is 12.0. The molecule has 9 nitrogen and oxygen atoms in total. The lowest BCUT2D eigenvalue weighted by molar-refractivity contribution is -0.120. The third-order valence-corrected chi connectivity index (χ3v) is 3.98. The van der Waals surface area contributed by atoms with Gasteiger partial charge in [0.15, 0.2) is 0 Å². The smallest absolute Gasteiger partial charge is 0.413 e. The Bertz CT molecular complexity index is 795. The molecular weight excluding hydrogens is 414 g/mol. The normalized spacial score (nSPS) is 10.6. The lowest BCUT2D eigenvalue weighted by Gasteiger charge is -2.00. The highest BCUT2D eigenvalue weighted by Crippen LogP contribution is 2.20. The van der Waals surface area contributed by atoms with Crippen molar-refractivity contribution in [3.05, 3.63) is 33.2 Å². The molecule has 1 aromatic heterocycles. The maximum atomic E-state index is 11.8. The van der Waals surface area contributed by atoms with E-state index in [1.807, 2.05) is 0 Å². The van der Waals surface area contributed by atoms with E-state index in [4.69, 9.17) is 4.74 Å². The summed E-state index contributed by atoms with van der Waals surface area (Å²) in [5, 5.41) is 24.0. The van der Waals surface area contributed by atoms with Gasteiger partial charge in [0.25, 0.3) is 0 Å². The molecule has 3 N–H and O–H groups in total. The fourth-order valence-corrected chi connectivity index (χ4v) is 2.71. The predicted molar refractivity (Wildman–Crippen MR) is 95.8 cm³/mol. The number of phenols is 1. The van der Waals surface area contributed by atoms with Gasteiger partial charge in [-0.2, -0.15) is 5.10 Å². The molecule has 0 aliphatic carbocycles. The molecule has 2 rings (SSSR count). The quantitative estimate of drug-likeness (QED) is 0.479. The van der Waals surface area contributed by atoms with Gasteiger partial charge in [-0.25, -0.2) is 10.2 Å². The zero-order valence-corrected chi connectivity index (χ0v) is 15.4. The number of amides is 2. The van der Waals surface area contributed by atoms with E-state index in [1.54, 1.807) is 19.1 Å². The summed E-state index contributed by atoms with van der Waals surface area (Å²) in [6, 6.07) is 4.85. The summed E-state index contributed by atoms with van der Waals surface area (Å²) in [6.07, 6.45) is 0.642. The predicted octanol–water partition coefficient (Wildman–Crippen LogP) is 2.27. The molecule has 2 aromatic rings. The van der Waals surface area contributed by atoms with Gasteiger partial charge >= 0.3 is 6.09 Å². The van der Waals surface area contributed by atoms with E-state index in [1.165, 1.54) is 12.3 Å². The molecule has 0 radical (unpaired) electrons. The minimum atomic E-state index is -0.631. The number of hydrogen-bond donors (Lipinski definition) is 3. The second-order valence-corrected chi connectivity index (χ2v) is 6.50. The van der Waals surface area contributed by atoms with Crippen molar-refractivity contribution in [1.29, 1.82) is 0 Å². The number of nitrogens with one attached hydrogen (secondary N) is 2.